The van der Waals surface area contributed by atoms with Crippen molar-refractivity contribution in [3.8, 4) is 0 Å². The Balaban J connectivity index is 5.40. The molecule has 0 bridgehead atoms. The summed E-state index contributed by atoms with van der Waals surface area (Å²) in [4.78, 5) is 72.9. The van der Waals surface area contributed by atoms with Gasteiger partial charge in [-0.3, -0.25) is 37.3 Å². The molecule has 19 heteroatoms. The Bertz CT molecular complexity index is 2230. The van der Waals surface area contributed by atoms with Gasteiger partial charge in [0.25, 0.3) is 0 Å². The lowest BCUT2D eigenvalue weighted by atomic mass is 10.0. The summed E-state index contributed by atoms with van der Waals surface area (Å²) >= 11 is 0. The van der Waals surface area contributed by atoms with Crippen molar-refractivity contribution in [2.75, 3.05) is 39.6 Å². The highest BCUT2D eigenvalue weighted by atomic mass is 31.2. The first-order valence-electron chi connectivity index (χ1n) is 39.8. The van der Waals surface area contributed by atoms with Crippen LogP contribution in [-0.4, -0.2) is 96.7 Å². The predicted octanol–water partition coefficient (Wildman–Crippen LogP) is 23.0. The first-order chi connectivity index (χ1) is 48.7. The molecule has 5 unspecified atom stereocenters. The highest BCUT2D eigenvalue weighted by molar-refractivity contribution is 7.47. The SMILES string of the molecule is CC/C=C\C/C=C\C/C=C\C/C=C\C/C=C\CC(=O)OCC(COP(=O)(O)OCC(O)COP(=O)(O)OCC(COC(=O)CCCCCCC/C=C\C/C=C\CCCCC)OC(=O)CCCCCCCCCCCCCCCCC)OC(=O)CCCCCCCCCCCCCCCCC. The van der Waals surface area contributed by atoms with Crippen LogP contribution in [0, 0.1) is 0 Å². The van der Waals surface area contributed by atoms with Gasteiger partial charge in [0, 0.05) is 19.3 Å². The van der Waals surface area contributed by atoms with Gasteiger partial charge < -0.3 is 33.8 Å². The molecule has 0 heterocycles. The molecule has 0 aromatic carbocycles. The van der Waals surface area contributed by atoms with Crippen LogP contribution in [0.4, 0.5) is 0 Å². The summed E-state index contributed by atoms with van der Waals surface area (Å²) in [6.07, 6.45) is 75.9. The predicted molar refractivity (Wildman–Crippen MR) is 409 cm³/mol. The largest absolute Gasteiger partial charge is 0.472 e. The van der Waals surface area contributed by atoms with Crippen molar-refractivity contribution in [1.82, 2.24) is 0 Å². The molecule has 0 saturated carbocycles. The lowest BCUT2D eigenvalue weighted by Crippen LogP contribution is -2.30. The number of rotatable bonds is 75. The summed E-state index contributed by atoms with van der Waals surface area (Å²) in [7, 11) is -9.97. The molecule has 580 valence electrons. The molecule has 0 aliphatic rings. The van der Waals surface area contributed by atoms with E-state index in [0.717, 1.165) is 122 Å². The first-order valence-corrected chi connectivity index (χ1v) is 42.8. The molecule has 0 radical (unpaired) electrons. The van der Waals surface area contributed by atoms with Crippen LogP contribution in [0.15, 0.2) is 85.1 Å². The van der Waals surface area contributed by atoms with Crippen LogP contribution >= 0.6 is 15.6 Å². The van der Waals surface area contributed by atoms with Gasteiger partial charge in [0.15, 0.2) is 12.2 Å². The average molecular weight is 1450 g/mol. The highest BCUT2D eigenvalue weighted by Gasteiger charge is 2.30. The van der Waals surface area contributed by atoms with Crippen molar-refractivity contribution >= 4 is 39.5 Å². The maximum Gasteiger partial charge on any atom is 0.472 e. The van der Waals surface area contributed by atoms with Crippen LogP contribution in [0.25, 0.3) is 0 Å². The van der Waals surface area contributed by atoms with Crippen LogP contribution in [-0.2, 0) is 65.4 Å². The molecule has 0 rings (SSSR count). The fraction of sp³-hybridized carbons (Fsp3) is 0.778. The Morgan fingerprint density at radius 1 is 0.300 bits per heavy atom. The fourth-order valence-electron chi connectivity index (χ4n) is 10.9. The van der Waals surface area contributed by atoms with Gasteiger partial charge in [-0.25, -0.2) is 9.13 Å². The number of phosphoric ester groups is 2. The fourth-order valence-corrected chi connectivity index (χ4v) is 12.4. The van der Waals surface area contributed by atoms with Gasteiger partial charge in [0.05, 0.1) is 32.8 Å². The second-order valence-electron chi connectivity index (χ2n) is 26.7. The minimum atomic E-state index is -4.99. The zero-order chi connectivity index (χ0) is 73.2. The Morgan fingerprint density at radius 2 is 0.560 bits per heavy atom. The van der Waals surface area contributed by atoms with Crippen molar-refractivity contribution < 1.29 is 80.2 Å². The van der Waals surface area contributed by atoms with Crippen LogP contribution < -0.4 is 0 Å². The molecular formula is C81H144O17P2. The van der Waals surface area contributed by atoms with E-state index in [2.05, 4.69) is 88.5 Å². The zero-order valence-corrected chi connectivity index (χ0v) is 65.2. The van der Waals surface area contributed by atoms with Crippen molar-refractivity contribution in [2.24, 2.45) is 0 Å². The Morgan fingerprint density at radius 3 is 0.910 bits per heavy atom. The van der Waals surface area contributed by atoms with Crippen LogP contribution in [0.1, 0.15) is 349 Å². The number of aliphatic hydroxyl groups is 1. The summed E-state index contributed by atoms with van der Waals surface area (Å²) in [5, 5.41) is 10.6. The van der Waals surface area contributed by atoms with Crippen molar-refractivity contribution in [3.63, 3.8) is 0 Å². The van der Waals surface area contributed by atoms with Crippen molar-refractivity contribution in [1.29, 1.82) is 0 Å². The van der Waals surface area contributed by atoms with E-state index in [-0.39, 0.29) is 25.7 Å². The van der Waals surface area contributed by atoms with E-state index < -0.39 is 97.5 Å². The number of unbranched alkanes of at least 4 members (excludes halogenated alkanes) is 36. The molecule has 0 fully saturated rings. The quantitative estimate of drug-likeness (QED) is 0.0169. The standard InChI is InChI=1S/C81H144O17P2/c1-5-9-13-17-21-25-29-33-37-41-45-49-53-57-61-65-78(83)91-71-76(97-80(85)67-63-59-55-51-47-43-39-35-31-27-23-19-15-11-7-3)73-95-99(87,88)93-69-75(82)70-94-100(89,90)96-74-77(98-81(86)68-64-60-56-52-48-44-40-36-32-28-24-20-16-12-8-4)72-92-79(84)66-62-58-54-50-46-42-38-34-30-26-22-18-14-10-6-2/h9,13,21-22,25-26,33-34,37-38,45,49,57,61,75-77,82H,5-8,10-12,14-20,23-24,27-32,35-36,39-44,46-48,50-56,58-60,62-74H2,1-4H3,(H,87,88)(H,89,90)/b13-9-,25-21-,26-22-,37-33-,38-34-,49-45-,61-57-. The summed E-state index contributed by atoms with van der Waals surface area (Å²) < 4.78 is 68.5. The number of phosphoric acid groups is 2. The molecule has 0 aliphatic heterocycles. The normalized spacial score (nSPS) is 14.3. The van der Waals surface area contributed by atoms with E-state index in [0.29, 0.717) is 25.7 Å². The smallest absolute Gasteiger partial charge is 0.462 e. The van der Waals surface area contributed by atoms with Crippen molar-refractivity contribution in [2.45, 2.75) is 367 Å². The summed E-state index contributed by atoms with van der Waals surface area (Å²) in [6, 6.07) is 0. The van der Waals surface area contributed by atoms with Gasteiger partial charge in [-0.1, -0.05) is 325 Å². The molecule has 0 spiro atoms. The van der Waals surface area contributed by atoms with Gasteiger partial charge in [-0.2, -0.15) is 0 Å². The Kier molecular flexibility index (Phi) is 70.8. The van der Waals surface area contributed by atoms with Gasteiger partial charge in [-0.05, 0) is 83.5 Å². The van der Waals surface area contributed by atoms with E-state index in [1.807, 2.05) is 18.2 Å². The monoisotopic (exact) mass is 1450 g/mol. The number of allylic oxidation sites excluding steroid dienone is 13. The molecule has 5 atom stereocenters. The third kappa shape index (κ3) is 72.6. The van der Waals surface area contributed by atoms with E-state index >= 15 is 0 Å². The van der Waals surface area contributed by atoms with E-state index in [4.69, 9.17) is 37.0 Å². The highest BCUT2D eigenvalue weighted by Crippen LogP contribution is 2.45. The topological polar surface area (TPSA) is 237 Å². The number of hydrogen-bond acceptors (Lipinski definition) is 15. The maximum atomic E-state index is 13.1. The van der Waals surface area contributed by atoms with E-state index in [1.165, 1.54) is 148 Å². The number of hydrogen-bond donors (Lipinski definition) is 3. The molecule has 0 aromatic heterocycles. The third-order valence-corrected chi connectivity index (χ3v) is 18.8. The molecule has 100 heavy (non-hydrogen) atoms. The molecule has 0 aromatic rings. The molecule has 0 saturated heterocycles. The van der Waals surface area contributed by atoms with Crippen LogP contribution in [0.5, 0.6) is 0 Å². The number of ether oxygens (including phenoxy) is 4. The van der Waals surface area contributed by atoms with Gasteiger partial charge in [0.1, 0.15) is 19.3 Å². The molecular weight excluding hydrogens is 1310 g/mol. The lowest BCUT2D eigenvalue weighted by Gasteiger charge is -2.21. The number of esters is 4. The van der Waals surface area contributed by atoms with E-state index in [9.17, 15) is 43.2 Å². The molecule has 0 amide bonds. The summed E-state index contributed by atoms with van der Waals surface area (Å²) in [5.41, 5.74) is 0. The Hall–Kier alpha value is -3.76. The number of aliphatic hydroxyl groups excluding tert-OH is 1. The maximum absolute atomic E-state index is 13.1. The summed E-state index contributed by atoms with van der Waals surface area (Å²) in [6.45, 7) is 4.67. The van der Waals surface area contributed by atoms with E-state index in [1.54, 1.807) is 6.08 Å². The number of carbonyl (C=O) groups is 4. The van der Waals surface area contributed by atoms with Crippen LogP contribution in [0.2, 0.25) is 0 Å². The molecule has 3 N–H and O–H groups in total. The zero-order valence-electron chi connectivity index (χ0n) is 63.4. The average Bonchev–Trinajstić information content (AvgIpc) is 1.01. The van der Waals surface area contributed by atoms with Crippen LogP contribution in [0.3, 0.4) is 0 Å². The Labute approximate surface area is 608 Å². The summed E-state index contributed by atoms with van der Waals surface area (Å²) in [5.74, 6) is -2.31. The van der Waals surface area contributed by atoms with Crippen molar-refractivity contribution in [3.05, 3.63) is 85.1 Å². The second-order valence-corrected chi connectivity index (χ2v) is 29.6. The number of carbonyl (C=O) groups excluding carboxylic acids is 4. The minimum absolute atomic E-state index is 0.0675. The third-order valence-electron chi connectivity index (χ3n) is 16.9. The second kappa shape index (κ2) is 73.5. The van der Waals surface area contributed by atoms with Gasteiger partial charge in [-0.15, -0.1) is 0 Å². The molecule has 0 aliphatic carbocycles. The lowest BCUT2D eigenvalue weighted by molar-refractivity contribution is -0.161. The first kappa shape index (κ1) is 96.2. The van der Waals surface area contributed by atoms with Gasteiger partial charge >= 0.3 is 39.5 Å². The minimum Gasteiger partial charge on any atom is -0.462 e. The molecule has 17 nitrogen and oxygen atoms in total. The van der Waals surface area contributed by atoms with Gasteiger partial charge in [0.2, 0.25) is 0 Å².